The zero-order valence-electron chi connectivity index (χ0n) is 6.80. The molecule has 0 fully saturated rings. The number of hydrogen-bond acceptors (Lipinski definition) is 2. The van der Waals surface area contributed by atoms with Crippen molar-refractivity contribution in [3.05, 3.63) is 32.4 Å². The summed E-state index contributed by atoms with van der Waals surface area (Å²) in [5.41, 5.74) is 1.74. The van der Waals surface area contributed by atoms with Crippen LogP contribution in [0.15, 0.2) is 12.1 Å². The largest absolute Gasteiger partial charge is 0.298 e. The summed E-state index contributed by atoms with van der Waals surface area (Å²) in [4.78, 5) is 21.4. The van der Waals surface area contributed by atoms with E-state index in [-0.39, 0.29) is 0 Å². The Bertz CT molecular complexity index is 374. The van der Waals surface area contributed by atoms with Crippen LogP contribution in [0, 0.1) is 10.5 Å². The third-order valence-corrected chi connectivity index (χ3v) is 3.08. The van der Waals surface area contributed by atoms with Crippen LogP contribution in [0.4, 0.5) is 0 Å². The fourth-order valence-corrected chi connectivity index (χ4v) is 1.69. The van der Waals surface area contributed by atoms with Gasteiger partial charge >= 0.3 is 0 Å². The molecular formula is C9H6ClIO2. The van der Waals surface area contributed by atoms with Crippen LogP contribution in [0.3, 0.4) is 0 Å². The molecule has 1 aromatic carbocycles. The van der Waals surface area contributed by atoms with Crippen molar-refractivity contribution in [2.75, 3.05) is 0 Å². The normalized spacial score (nSPS) is 9.77. The van der Waals surface area contributed by atoms with Gasteiger partial charge in [0.15, 0.2) is 0 Å². The average molecular weight is 309 g/mol. The number of halogens is 2. The van der Waals surface area contributed by atoms with E-state index in [4.69, 9.17) is 11.6 Å². The molecule has 68 valence electrons. The fraction of sp³-hybridized carbons (Fsp3) is 0.111. The first-order valence-electron chi connectivity index (χ1n) is 3.51. The van der Waals surface area contributed by atoms with Crippen LogP contribution < -0.4 is 0 Å². The minimum atomic E-state index is -0.541. The minimum absolute atomic E-state index is 0.360. The Morgan fingerprint density at radius 3 is 2.62 bits per heavy atom. The van der Waals surface area contributed by atoms with Crippen LogP contribution in [0.5, 0.6) is 0 Å². The topological polar surface area (TPSA) is 34.1 Å². The number of benzene rings is 1. The summed E-state index contributed by atoms with van der Waals surface area (Å²) < 4.78 is 0.867. The van der Waals surface area contributed by atoms with Gasteiger partial charge in [-0.3, -0.25) is 9.59 Å². The van der Waals surface area contributed by atoms with E-state index in [1.807, 2.05) is 6.92 Å². The van der Waals surface area contributed by atoms with E-state index < -0.39 is 5.24 Å². The predicted octanol–water partition coefficient (Wildman–Crippen LogP) is 2.79. The second-order valence-electron chi connectivity index (χ2n) is 2.56. The highest BCUT2D eigenvalue weighted by atomic mass is 127. The SMILES string of the molecule is Cc1c(I)cc(C(=O)Cl)cc1C=O. The Morgan fingerprint density at radius 2 is 2.15 bits per heavy atom. The minimum Gasteiger partial charge on any atom is -0.298 e. The maximum Gasteiger partial charge on any atom is 0.252 e. The fourth-order valence-electron chi connectivity index (χ4n) is 0.936. The Morgan fingerprint density at radius 1 is 1.54 bits per heavy atom. The van der Waals surface area contributed by atoms with Gasteiger partial charge in [-0.05, 0) is 58.8 Å². The summed E-state index contributed by atoms with van der Waals surface area (Å²) in [7, 11) is 0. The molecule has 2 nitrogen and oxygen atoms in total. The molecule has 0 unspecified atom stereocenters. The van der Waals surface area contributed by atoms with Gasteiger partial charge in [0.2, 0.25) is 0 Å². The second-order valence-corrected chi connectivity index (χ2v) is 4.07. The summed E-state index contributed by atoms with van der Waals surface area (Å²) in [5, 5.41) is -0.541. The Labute approximate surface area is 94.4 Å². The second kappa shape index (κ2) is 4.19. The van der Waals surface area contributed by atoms with Crippen molar-refractivity contribution >= 4 is 45.7 Å². The predicted molar refractivity (Wildman–Crippen MR) is 59.5 cm³/mol. The highest BCUT2D eigenvalue weighted by molar-refractivity contribution is 14.1. The van der Waals surface area contributed by atoms with Crippen LogP contribution in [0.25, 0.3) is 0 Å². The number of rotatable bonds is 2. The lowest BCUT2D eigenvalue weighted by molar-refractivity contribution is 0.108. The molecule has 0 atom stereocenters. The first-order chi connectivity index (χ1) is 6.06. The molecule has 0 amide bonds. The van der Waals surface area contributed by atoms with Crippen molar-refractivity contribution in [2.24, 2.45) is 0 Å². The van der Waals surface area contributed by atoms with E-state index in [2.05, 4.69) is 22.6 Å². The van der Waals surface area contributed by atoms with Gasteiger partial charge < -0.3 is 0 Å². The summed E-state index contributed by atoms with van der Waals surface area (Å²) >= 11 is 7.36. The van der Waals surface area contributed by atoms with E-state index in [9.17, 15) is 9.59 Å². The summed E-state index contributed by atoms with van der Waals surface area (Å²) in [5.74, 6) is 0. The molecule has 0 saturated carbocycles. The van der Waals surface area contributed by atoms with E-state index in [0.717, 1.165) is 15.4 Å². The third kappa shape index (κ3) is 2.28. The van der Waals surface area contributed by atoms with Crippen molar-refractivity contribution in [3.8, 4) is 0 Å². The van der Waals surface area contributed by atoms with Gasteiger partial charge in [0, 0.05) is 14.7 Å². The van der Waals surface area contributed by atoms with Crippen molar-refractivity contribution in [1.29, 1.82) is 0 Å². The van der Waals surface area contributed by atoms with Crippen molar-refractivity contribution in [1.82, 2.24) is 0 Å². The Hall–Kier alpha value is -0.420. The maximum atomic E-state index is 10.8. The first kappa shape index (κ1) is 10.7. The van der Waals surface area contributed by atoms with E-state index >= 15 is 0 Å². The molecule has 0 aromatic heterocycles. The Balaban J connectivity index is 3.38. The highest BCUT2D eigenvalue weighted by Gasteiger charge is 2.08. The molecule has 0 spiro atoms. The lowest BCUT2D eigenvalue weighted by atomic mass is 10.1. The molecular weight excluding hydrogens is 302 g/mol. The molecule has 0 radical (unpaired) electrons. The third-order valence-electron chi connectivity index (χ3n) is 1.74. The van der Waals surface area contributed by atoms with E-state index in [0.29, 0.717) is 11.1 Å². The van der Waals surface area contributed by atoms with Gasteiger partial charge in [-0.2, -0.15) is 0 Å². The van der Waals surface area contributed by atoms with Crippen LogP contribution in [0.1, 0.15) is 26.3 Å². The first-order valence-corrected chi connectivity index (χ1v) is 4.97. The zero-order chi connectivity index (χ0) is 10.0. The smallest absolute Gasteiger partial charge is 0.252 e. The summed E-state index contributed by atoms with van der Waals surface area (Å²) in [6.07, 6.45) is 0.723. The monoisotopic (exact) mass is 308 g/mol. The number of carbonyl (C=O) groups is 2. The lowest BCUT2D eigenvalue weighted by Gasteiger charge is -2.03. The molecule has 1 rings (SSSR count). The van der Waals surface area contributed by atoms with Crippen LogP contribution in [-0.4, -0.2) is 11.5 Å². The van der Waals surface area contributed by atoms with Gasteiger partial charge in [-0.25, -0.2) is 0 Å². The van der Waals surface area contributed by atoms with E-state index in [1.165, 1.54) is 6.07 Å². The molecule has 0 aliphatic rings. The van der Waals surface area contributed by atoms with Gasteiger partial charge in [-0.1, -0.05) is 0 Å². The van der Waals surface area contributed by atoms with Crippen molar-refractivity contribution < 1.29 is 9.59 Å². The van der Waals surface area contributed by atoms with E-state index in [1.54, 1.807) is 6.07 Å². The quantitative estimate of drug-likeness (QED) is 0.478. The van der Waals surface area contributed by atoms with Crippen LogP contribution >= 0.6 is 34.2 Å². The van der Waals surface area contributed by atoms with Gasteiger partial charge in [-0.15, -0.1) is 0 Å². The number of carbonyl (C=O) groups excluding carboxylic acids is 2. The standard InChI is InChI=1S/C9H6ClIO2/c1-5-7(4-12)2-6(9(10)13)3-8(5)11/h2-4H,1H3. The number of hydrogen-bond donors (Lipinski definition) is 0. The lowest BCUT2D eigenvalue weighted by Crippen LogP contribution is -1.96. The molecule has 0 aliphatic carbocycles. The summed E-state index contributed by atoms with van der Waals surface area (Å²) in [6.45, 7) is 1.83. The van der Waals surface area contributed by atoms with Crippen LogP contribution in [-0.2, 0) is 0 Å². The number of aldehydes is 1. The Kier molecular flexibility index (Phi) is 3.44. The molecule has 0 aliphatic heterocycles. The molecule has 0 bridgehead atoms. The molecule has 0 N–H and O–H groups in total. The molecule has 4 heteroatoms. The molecule has 13 heavy (non-hydrogen) atoms. The zero-order valence-corrected chi connectivity index (χ0v) is 9.72. The van der Waals surface area contributed by atoms with Crippen LogP contribution in [0.2, 0.25) is 0 Å². The molecule has 0 saturated heterocycles. The molecule has 0 heterocycles. The maximum absolute atomic E-state index is 10.8. The van der Waals surface area contributed by atoms with Gasteiger partial charge in [0.05, 0.1) is 0 Å². The average Bonchev–Trinajstić information content (AvgIpc) is 2.09. The van der Waals surface area contributed by atoms with Gasteiger partial charge in [0.1, 0.15) is 6.29 Å². The van der Waals surface area contributed by atoms with Gasteiger partial charge in [0.25, 0.3) is 5.24 Å². The highest BCUT2D eigenvalue weighted by Crippen LogP contribution is 2.18. The van der Waals surface area contributed by atoms with Crippen molar-refractivity contribution in [2.45, 2.75) is 6.92 Å². The molecule has 1 aromatic rings. The summed E-state index contributed by atoms with van der Waals surface area (Å²) in [6, 6.07) is 3.16. The van der Waals surface area contributed by atoms with Crippen molar-refractivity contribution in [3.63, 3.8) is 0 Å².